The Morgan fingerprint density at radius 2 is 2.00 bits per heavy atom. The molecule has 162 valence electrons. The van der Waals surface area contributed by atoms with Crippen LogP contribution in [-0.2, 0) is 9.53 Å². The maximum atomic E-state index is 12.8. The van der Waals surface area contributed by atoms with Crippen LogP contribution in [0.4, 0.5) is 5.00 Å². The zero-order valence-electron chi connectivity index (χ0n) is 16.7. The van der Waals surface area contributed by atoms with Crippen LogP contribution in [0.15, 0.2) is 57.9 Å². The topological polar surface area (TPSA) is 99.4 Å². The molecule has 3 aromatic rings. The van der Waals surface area contributed by atoms with Crippen molar-refractivity contribution in [3.05, 3.63) is 74.0 Å². The second kappa shape index (κ2) is 10.5. The molecule has 0 saturated carbocycles. The summed E-state index contributed by atoms with van der Waals surface area (Å²) < 4.78 is 5.85. The molecule has 32 heavy (non-hydrogen) atoms. The Hall–Kier alpha value is -3.12. The lowest BCUT2D eigenvalue weighted by Crippen LogP contribution is -2.16. The molecule has 0 aliphatic carbocycles. The summed E-state index contributed by atoms with van der Waals surface area (Å²) in [5.74, 6) is -1.40. The van der Waals surface area contributed by atoms with Gasteiger partial charge in [0.25, 0.3) is 5.91 Å². The number of esters is 1. The third-order valence-electron chi connectivity index (χ3n) is 4.31. The minimum absolute atomic E-state index is 0.0814. The van der Waals surface area contributed by atoms with Crippen LogP contribution in [0.2, 0.25) is 5.02 Å². The number of aromatic hydroxyl groups is 1. The van der Waals surface area contributed by atoms with Gasteiger partial charge in [0.15, 0.2) is 0 Å². The van der Waals surface area contributed by atoms with Crippen molar-refractivity contribution in [2.75, 3.05) is 11.9 Å². The highest BCUT2D eigenvalue weighted by Gasteiger charge is 2.24. The van der Waals surface area contributed by atoms with Crippen molar-refractivity contribution < 1.29 is 19.4 Å². The molecule has 0 fully saturated rings. The number of rotatable bonds is 6. The molecule has 0 aliphatic rings. The van der Waals surface area contributed by atoms with Crippen LogP contribution in [0.5, 0.6) is 5.75 Å². The largest absolute Gasteiger partial charge is 0.507 e. The molecule has 1 aromatic heterocycles. The van der Waals surface area contributed by atoms with Gasteiger partial charge in [-0.2, -0.15) is 5.26 Å². The highest BCUT2D eigenvalue weighted by molar-refractivity contribution is 9.10. The Kier molecular flexibility index (Phi) is 7.70. The number of carbonyl (C=O) groups is 2. The molecule has 9 heteroatoms. The van der Waals surface area contributed by atoms with E-state index in [1.807, 2.05) is 6.07 Å². The molecule has 0 saturated heterocycles. The number of thiophene rings is 1. The molecule has 2 N–H and O–H groups in total. The zero-order valence-corrected chi connectivity index (χ0v) is 19.8. The number of ether oxygens (including phenoxy) is 1. The molecular formula is C23H16BrClN2O4S. The van der Waals surface area contributed by atoms with Gasteiger partial charge in [0.05, 0.1) is 6.61 Å². The standard InChI is InChI=1S/C23H16BrClN2O4S/c1-2-31-23(30)20-18(13-3-6-17(25)7-4-13)12-32-22(20)27-21(29)15(11-26)9-14-10-16(24)5-8-19(14)28/h3-10,12,28H,2H2,1H3,(H,27,29)/b15-9+. The SMILES string of the molecule is CCOC(=O)c1c(-c2ccc(Cl)cc2)csc1NC(=O)/C(C#N)=C/c1cc(Br)ccc1O. The van der Waals surface area contributed by atoms with Crippen LogP contribution in [0.1, 0.15) is 22.8 Å². The number of nitrogens with one attached hydrogen (secondary N) is 1. The summed E-state index contributed by atoms with van der Waals surface area (Å²) in [6.07, 6.45) is 1.27. The summed E-state index contributed by atoms with van der Waals surface area (Å²) in [5, 5.41) is 24.6. The number of halogens is 2. The molecule has 0 atom stereocenters. The fraction of sp³-hybridized carbons (Fsp3) is 0.0870. The fourth-order valence-electron chi connectivity index (χ4n) is 2.81. The van der Waals surface area contributed by atoms with Crippen LogP contribution in [0.3, 0.4) is 0 Å². The van der Waals surface area contributed by atoms with Gasteiger partial charge in [0.2, 0.25) is 0 Å². The molecule has 1 amide bonds. The number of amides is 1. The van der Waals surface area contributed by atoms with Crippen LogP contribution in [-0.4, -0.2) is 23.6 Å². The van der Waals surface area contributed by atoms with Crippen LogP contribution < -0.4 is 5.32 Å². The average molecular weight is 532 g/mol. The first-order valence-electron chi connectivity index (χ1n) is 9.30. The van der Waals surface area contributed by atoms with Gasteiger partial charge >= 0.3 is 5.97 Å². The molecule has 6 nitrogen and oxygen atoms in total. The van der Waals surface area contributed by atoms with Crippen LogP contribution in [0.25, 0.3) is 17.2 Å². The van der Waals surface area contributed by atoms with Gasteiger partial charge in [-0.1, -0.05) is 39.7 Å². The first kappa shape index (κ1) is 23.5. The van der Waals surface area contributed by atoms with Gasteiger partial charge < -0.3 is 15.2 Å². The van der Waals surface area contributed by atoms with Crippen molar-refractivity contribution in [2.24, 2.45) is 0 Å². The summed E-state index contributed by atoms with van der Waals surface area (Å²) in [6.45, 7) is 1.85. The molecule has 2 aromatic carbocycles. The van der Waals surface area contributed by atoms with Crippen molar-refractivity contribution in [1.82, 2.24) is 0 Å². The Morgan fingerprint density at radius 1 is 1.28 bits per heavy atom. The third kappa shape index (κ3) is 5.37. The van der Waals surface area contributed by atoms with E-state index in [1.54, 1.807) is 48.7 Å². The first-order valence-corrected chi connectivity index (χ1v) is 11.3. The smallest absolute Gasteiger partial charge is 0.341 e. The predicted octanol–water partition coefficient (Wildman–Crippen LogP) is 6.26. The summed E-state index contributed by atoms with van der Waals surface area (Å²) >= 11 is 10.4. The molecule has 0 aliphatic heterocycles. The second-order valence-electron chi connectivity index (χ2n) is 6.41. The number of phenols is 1. The number of carbonyl (C=O) groups excluding carboxylic acids is 2. The van der Waals surface area contributed by atoms with Crippen LogP contribution in [0, 0.1) is 11.3 Å². The molecular weight excluding hydrogens is 516 g/mol. The lowest BCUT2D eigenvalue weighted by Gasteiger charge is -2.09. The van der Waals surface area contributed by atoms with Crippen molar-refractivity contribution in [2.45, 2.75) is 6.92 Å². The quantitative estimate of drug-likeness (QED) is 0.222. The van der Waals surface area contributed by atoms with E-state index in [-0.39, 0.29) is 28.5 Å². The van der Waals surface area contributed by atoms with Crippen LogP contribution >= 0.6 is 38.9 Å². The minimum atomic E-state index is -0.720. The third-order valence-corrected chi connectivity index (χ3v) is 5.95. The second-order valence-corrected chi connectivity index (χ2v) is 8.64. The number of nitriles is 1. The van der Waals surface area contributed by atoms with Gasteiger partial charge in [0.1, 0.15) is 28.0 Å². The summed E-state index contributed by atoms with van der Waals surface area (Å²) in [6, 6.07) is 13.4. The van der Waals surface area contributed by atoms with E-state index in [2.05, 4.69) is 21.2 Å². The van der Waals surface area contributed by atoms with Gasteiger partial charge in [0, 0.05) is 26.0 Å². The van der Waals surface area contributed by atoms with E-state index in [0.717, 1.165) is 16.9 Å². The number of phenolic OH excluding ortho intramolecular Hbond substituents is 1. The number of nitrogens with zero attached hydrogens (tertiary/aromatic N) is 1. The number of hydrogen-bond acceptors (Lipinski definition) is 6. The van der Waals surface area contributed by atoms with Crippen molar-refractivity contribution in [3.63, 3.8) is 0 Å². The maximum absolute atomic E-state index is 12.8. The average Bonchev–Trinajstić information content (AvgIpc) is 3.18. The van der Waals surface area contributed by atoms with E-state index in [4.69, 9.17) is 16.3 Å². The van der Waals surface area contributed by atoms with Crippen molar-refractivity contribution in [1.29, 1.82) is 5.26 Å². The monoisotopic (exact) mass is 530 g/mol. The first-order chi connectivity index (χ1) is 15.3. The molecule has 0 radical (unpaired) electrons. The number of anilines is 1. The van der Waals surface area contributed by atoms with Crippen molar-refractivity contribution >= 4 is 61.8 Å². The van der Waals surface area contributed by atoms with Gasteiger partial charge in [-0.3, -0.25) is 4.79 Å². The number of hydrogen-bond donors (Lipinski definition) is 2. The van der Waals surface area contributed by atoms with E-state index < -0.39 is 11.9 Å². The highest BCUT2D eigenvalue weighted by Crippen LogP contribution is 2.37. The van der Waals surface area contributed by atoms with Gasteiger partial charge in [-0.25, -0.2) is 4.79 Å². The Bertz CT molecular complexity index is 1250. The Morgan fingerprint density at radius 3 is 2.66 bits per heavy atom. The molecule has 3 rings (SSSR count). The van der Waals surface area contributed by atoms with E-state index in [0.29, 0.717) is 20.6 Å². The molecule has 0 bridgehead atoms. The molecule has 0 unspecified atom stereocenters. The predicted molar refractivity (Wildman–Crippen MR) is 129 cm³/mol. The van der Waals surface area contributed by atoms with Crippen molar-refractivity contribution in [3.8, 4) is 22.9 Å². The summed E-state index contributed by atoms with van der Waals surface area (Å²) in [5.41, 5.74) is 1.55. The lowest BCUT2D eigenvalue weighted by molar-refractivity contribution is -0.112. The Balaban J connectivity index is 1.98. The lowest BCUT2D eigenvalue weighted by atomic mass is 10.0. The zero-order chi connectivity index (χ0) is 23.3. The normalized spacial score (nSPS) is 11.0. The molecule has 1 heterocycles. The maximum Gasteiger partial charge on any atom is 0.341 e. The summed E-state index contributed by atoms with van der Waals surface area (Å²) in [7, 11) is 0. The highest BCUT2D eigenvalue weighted by atomic mass is 79.9. The number of benzene rings is 2. The van der Waals surface area contributed by atoms with Gasteiger partial charge in [-0.05, 0) is 48.9 Å². The fourth-order valence-corrected chi connectivity index (χ4v) is 4.27. The minimum Gasteiger partial charge on any atom is -0.507 e. The summed E-state index contributed by atoms with van der Waals surface area (Å²) in [4.78, 5) is 25.5. The van der Waals surface area contributed by atoms with E-state index in [1.165, 1.54) is 12.1 Å². The van der Waals surface area contributed by atoms with Gasteiger partial charge in [-0.15, -0.1) is 11.3 Å². The van der Waals surface area contributed by atoms with E-state index in [9.17, 15) is 20.0 Å². The Labute approximate surface area is 201 Å². The van der Waals surface area contributed by atoms with E-state index >= 15 is 0 Å². The molecule has 0 spiro atoms.